The van der Waals surface area contributed by atoms with Gasteiger partial charge in [0.1, 0.15) is 17.0 Å². The van der Waals surface area contributed by atoms with Crippen LogP contribution in [0.25, 0.3) is 11.0 Å². The molecule has 3 aromatic rings. The molecule has 0 spiro atoms. The Morgan fingerprint density at radius 2 is 1.95 bits per heavy atom. The van der Waals surface area contributed by atoms with Crippen molar-refractivity contribution in [3.05, 3.63) is 36.0 Å². The number of amides is 1. The van der Waals surface area contributed by atoms with Crippen molar-refractivity contribution < 1.29 is 28.5 Å². The van der Waals surface area contributed by atoms with Gasteiger partial charge in [0.2, 0.25) is 5.95 Å². The minimum absolute atomic E-state index is 0.213. The van der Waals surface area contributed by atoms with Crippen LogP contribution in [0.4, 0.5) is 11.8 Å². The number of ether oxygens (including phenoxy) is 4. The van der Waals surface area contributed by atoms with Gasteiger partial charge in [-0.05, 0) is 30.7 Å². The Morgan fingerprint density at radius 3 is 2.72 bits per heavy atom. The van der Waals surface area contributed by atoms with E-state index in [1.165, 1.54) is 0 Å². The summed E-state index contributed by atoms with van der Waals surface area (Å²) in [6, 6.07) is 7.20. The number of carbonyl (C=O) groups excluding carboxylic acids is 2. The number of nitrogen functional groups attached to an aromatic ring is 1. The number of esters is 1. The number of nitrogens with zero attached hydrogens (tertiary/aromatic N) is 4. The summed E-state index contributed by atoms with van der Waals surface area (Å²) in [6.07, 6.45) is 5.20. The average molecular weight is 541 g/mol. The van der Waals surface area contributed by atoms with Crippen molar-refractivity contribution in [1.82, 2.24) is 19.4 Å². The molecule has 0 unspecified atom stereocenters. The quantitative estimate of drug-likeness (QED) is 0.245. The first-order valence-electron chi connectivity index (χ1n) is 13.2. The van der Waals surface area contributed by atoms with E-state index in [2.05, 4.69) is 22.2 Å². The van der Waals surface area contributed by atoms with Gasteiger partial charge in [-0.2, -0.15) is 4.98 Å². The first kappa shape index (κ1) is 28.0. The van der Waals surface area contributed by atoms with Gasteiger partial charge in [0, 0.05) is 31.4 Å². The lowest BCUT2D eigenvalue weighted by Gasteiger charge is -2.26. The lowest BCUT2D eigenvalue weighted by Crippen LogP contribution is -2.42. The number of methoxy groups -OCH3 is 1. The molecule has 1 fully saturated rings. The molecule has 3 heterocycles. The Hall–Kier alpha value is -4.06. The van der Waals surface area contributed by atoms with Crippen molar-refractivity contribution in [2.75, 3.05) is 64.2 Å². The minimum Gasteiger partial charge on any atom is -0.496 e. The fourth-order valence-electron chi connectivity index (χ4n) is 4.34. The number of nitrogens with one attached hydrogen (secondary N) is 1. The van der Waals surface area contributed by atoms with Crippen LogP contribution >= 0.6 is 0 Å². The van der Waals surface area contributed by atoms with Crippen LogP contribution in [-0.2, 0) is 25.6 Å². The number of hydrogen-bond acceptors (Lipinski definition) is 10. The Balaban J connectivity index is 1.41. The van der Waals surface area contributed by atoms with E-state index in [0.29, 0.717) is 50.2 Å². The maximum absolute atomic E-state index is 12.2. The minimum atomic E-state index is -0.626. The second-order valence-electron chi connectivity index (χ2n) is 9.16. The number of benzene rings is 1. The predicted octanol–water partition coefficient (Wildman–Crippen LogP) is 2.45. The van der Waals surface area contributed by atoms with E-state index in [-0.39, 0.29) is 25.1 Å². The molecule has 0 aliphatic carbocycles. The lowest BCUT2D eigenvalue weighted by atomic mass is 10.2. The predicted molar refractivity (Wildman–Crippen MR) is 146 cm³/mol. The van der Waals surface area contributed by atoms with Gasteiger partial charge in [-0.3, -0.25) is 4.79 Å². The number of carbonyl (C=O) groups is 2. The molecule has 1 aromatic carbocycles. The van der Waals surface area contributed by atoms with Gasteiger partial charge in [-0.25, -0.2) is 9.78 Å². The van der Waals surface area contributed by atoms with Crippen molar-refractivity contribution in [2.24, 2.45) is 0 Å². The van der Waals surface area contributed by atoms with E-state index in [9.17, 15) is 9.59 Å². The SMILES string of the molecule is CCCCCNc1nc(N)nc2ccn(Cc3cc(OCC(=O)OCC(=O)N4CCOCC4)ccc3OC)c12. The first-order chi connectivity index (χ1) is 19.0. The Labute approximate surface area is 227 Å². The molecule has 2 aromatic heterocycles. The van der Waals surface area contributed by atoms with E-state index in [4.69, 9.17) is 24.7 Å². The molecule has 1 aliphatic rings. The summed E-state index contributed by atoms with van der Waals surface area (Å²) < 4.78 is 23.6. The lowest BCUT2D eigenvalue weighted by molar-refractivity contribution is -0.155. The van der Waals surface area contributed by atoms with Gasteiger partial charge >= 0.3 is 5.97 Å². The summed E-state index contributed by atoms with van der Waals surface area (Å²) >= 11 is 0. The van der Waals surface area contributed by atoms with Crippen molar-refractivity contribution in [2.45, 2.75) is 32.7 Å². The standard InChI is InChI=1S/C27H36N6O6/c1-3-4-5-9-29-26-25-21(30-27(28)31-26)8-10-33(25)16-19-15-20(6-7-22(19)36-2)38-18-24(35)39-17-23(34)32-11-13-37-14-12-32/h6-8,10,15H,3-5,9,11-14,16-18H2,1-2H3,(H3,28,29,30,31). The third-order valence-electron chi connectivity index (χ3n) is 6.37. The normalized spacial score (nSPS) is 13.3. The molecule has 12 nitrogen and oxygen atoms in total. The van der Waals surface area contributed by atoms with Crippen LogP contribution in [0.1, 0.15) is 31.7 Å². The zero-order chi connectivity index (χ0) is 27.6. The van der Waals surface area contributed by atoms with Crippen molar-refractivity contribution in [1.29, 1.82) is 0 Å². The molecule has 0 bridgehead atoms. The molecule has 1 aliphatic heterocycles. The summed E-state index contributed by atoms with van der Waals surface area (Å²) in [5.74, 6) is 1.15. The van der Waals surface area contributed by atoms with Crippen LogP contribution in [0.15, 0.2) is 30.5 Å². The molecule has 12 heteroatoms. The summed E-state index contributed by atoms with van der Waals surface area (Å²) in [5, 5.41) is 3.40. The topological polar surface area (TPSA) is 143 Å². The number of unbranched alkanes of at least 4 members (excludes halogenated alkanes) is 2. The molecule has 3 N–H and O–H groups in total. The third-order valence-corrected chi connectivity index (χ3v) is 6.37. The highest BCUT2D eigenvalue weighted by atomic mass is 16.6. The van der Waals surface area contributed by atoms with Crippen LogP contribution in [0.2, 0.25) is 0 Å². The Morgan fingerprint density at radius 1 is 1.13 bits per heavy atom. The Bertz CT molecular complexity index is 1270. The van der Waals surface area contributed by atoms with E-state index in [1.807, 2.05) is 22.9 Å². The van der Waals surface area contributed by atoms with Gasteiger partial charge in [-0.15, -0.1) is 0 Å². The number of hydrogen-bond donors (Lipinski definition) is 2. The number of aromatic nitrogens is 3. The van der Waals surface area contributed by atoms with Gasteiger partial charge in [0.15, 0.2) is 19.0 Å². The summed E-state index contributed by atoms with van der Waals surface area (Å²) in [5.41, 5.74) is 8.35. The molecule has 1 saturated heterocycles. The highest BCUT2D eigenvalue weighted by molar-refractivity contribution is 5.87. The van der Waals surface area contributed by atoms with Crippen LogP contribution in [0.3, 0.4) is 0 Å². The number of fused-ring (bicyclic) bond motifs is 1. The van der Waals surface area contributed by atoms with E-state index >= 15 is 0 Å². The van der Waals surface area contributed by atoms with Crippen molar-refractivity contribution in [3.63, 3.8) is 0 Å². The Kier molecular flexibility index (Phi) is 9.79. The van der Waals surface area contributed by atoms with E-state index < -0.39 is 5.97 Å². The van der Waals surface area contributed by atoms with Crippen molar-refractivity contribution >= 4 is 34.7 Å². The monoisotopic (exact) mass is 540 g/mol. The van der Waals surface area contributed by atoms with Crippen molar-refractivity contribution in [3.8, 4) is 11.5 Å². The maximum atomic E-state index is 12.2. The maximum Gasteiger partial charge on any atom is 0.344 e. The molecule has 39 heavy (non-hydrogen) atoms. The molecule has 0 atom stereocenters. The first-order valence-corrected chi connectivity index (χ1v) is 13.2. The molecular formula is C27H36N6O6. The highest BCUT2D eigenvalue weighted by Gasteiger charge is 2.19. The van der Waals surface area contributed by atoms with E-state index in [1.54, 1.807) is 24.1 Å². The number of morpholine rings is 1. The van der Waals surface area contributed by atoms with Gasteiger partial charge in [0.25, 0.3) is 5.91 Å². The molecule has 0 saturated carbocycles. The second kappa shape index (κ2) is 13.7. The van der Waals surface area contributed by atoms with Gasteiger partial charge in [-0.1, -0.05) is 19.8 Å². The van der Waals surface area contributed by atoms with Crippen LogP contribution in [0, 0.1) is 0 Å². The summed E-state index contributed by atoms with van der Waals surface area (Å²) in [4.78, 5) is 34.8. The van der Waals surface area contributed by atoms with Crippen LogP contribution in [-0.4, -0.2) is 84.5 Å². The largest absolute Gasteiger partial charge is 0.496 e. The zero-order valence-electron chi connectivity index (χ0n) is 22.5. The fraction of sp³-hybridized carbons (Fsp3) is 0.481. The fourth-order valence-corrected chi connectivity index (χ4v) is 4.34. The smallest absolute Gasteiger partial charge is 0.344 e. The number of rotatable bonds is 13. The van der Waals surface area contributed by atoms with Crippen LogP contribution < -0.4 is 20.5 Å². The van der Waals surface area contributed by atoms with E-state index in [0.717, 1.165) is 42.4 Å². The van der Waals surface area contributed by atoms with Gasteiger partial charge < -0.3 is 39.5 Å². The van der Waals surface area contributed by atoms with Crippen LogP contribution in [0.5, 0.6) is 11.5 Å². The average Bonchev–Trinajstić information content (AvgIpc) is 3.35. The molecule has 0 radical (unpaired) electrons. The number of anilines is 2. The molecular weight excluding hydrogens is 504 g/mol. The molecule has 1 amide bonds. The number of nitrogens with two attached hydrogens (primary N) is 1. The zero-order valence-corrected chi connectivity index (χ0v) is 22.5. The second-order valence-corrected chi connectivity index (χ2v) is 9.16. The highest BCUT2D eigenvalue weighted by Crippen LogP contribution is 2.29. The third kappa shape index (κ3) is 7.50. The summed E-state index contributed by atoms with van der Waals surface area (Å²) in [6.45, 7) is 4.70. The molecule has 4 rings (SSSR count). The molecule has 210 valence electrons. The summed E-state index contributed by atoms with van der Waals surface area (Å²) in [7, 11) is 1.60. The van der Waals surface area contributed by atoms with Gasteiger partial charge in [0.05, 0.1) is 32.4 Å².